The maximum atomic E-state index is 12.6. The van der Waals surface area contributed by atoms with E-state index in [0.29, 0.717) is 35.6 Å². The predicted molar refractivity (Wildman–Crippen MR) is 119 cm³/mol. The van der Waals surface area contributed by atoms with Crippen LogP contribution in [0, 0.1) is 6.92 Å². The van der Waals surface area contributed by atoms with Gasteiger partial charge in [0.2, 0.25) is 5.91 Å². The van der Waals surface area contributed by atoms with E-state index in [0.717, 1.165) is 17.0 Å². The van der Waals surface area contributed by atoms with Crippen molar-refractivity contribution >= 4 is 23.4 Å². The van der Waals surface area contributed by atoms with Gasteiger partial charge in [0.25, 0.3) is 0 Å². The Morgan fingerprint density at radius 1 is 1.10 bits per heavy atom. The van der Waals surface area contributed by atoms with Gasteiger partial charge in [-0.05, 0) is 38.5 Å². The molecule has 1 aromatic heterocycles. The Labute approximate surface area is 180 Å². The summed E-state index contributed by atoms with van der Waals surface area (Å²) in [6.07, 6.45) is 0. The van der Waals surface area contributed by atoms with Crippen molar-refractivity contribution in [3.8, 4) is 22.9 Å². The van der Waals surface area contributed by atoms with Crippen LogP contribution in [0.15, 0.2) is 47.6 Å². The first-order valence-corrected chi connectivity index (χ1v) is 10.8. The van der Waals surface area contributed by atoms with Gasteiger partial charge in [-0.1, -0.05) is 36.0 Å². The van der Waals surface area contributed by atoms with Gasteiger partial charge in [0.05, 0.1) is 24.7 Å². The topological polar surface area (TPSA) is 78.3 Å². The predicted octanol–water partition coefficient (Wildman–Crippen LogP) is 4.32. The number of amides is 1. The van der Waals surface area contributed by atoms with E-state index in [1.165, 1.54) is 11.8 Å². The fourth-order valence-electron chi connectivity index (χ4n) is 2.96. The molecule has 1 heterocycles. The highest BCUT2D eigenvalue weighted by atomic mass is 32.2. The molecule has 2 aromatic carbocycles. The summed E-state index contributed by atoms with van der Waals surface area (Å²) in [4.78, 5) is 12.6. The second-order valence-electron chi connectivity index (χ2n) is 6.54. The standard InChI is InChI=1S/C22H26N4O3S/c1-5-28-16-11-12-19(29-6-2)18(13-16)23-20(27)14-30-22-25-24-21(26(22)4)17-10-8-7-9-15(17)3/h7-13H,5-6,14H2,1-4H3,(H,23,27). The van der Waals surface area contributed by atoms with Crippen LogP contribution in [0.5, 0.6) is 11.5 Å². The summed E-state index contributed by atoms with van der Waals surface area (Å²) in [7, 11) is 1.90. The number of anilines is 1. The lowest BCUT2D eigenvalue weighted by Crippen LogP contribution is -2.15. The van der Waals surface area contributed by atoms with E-state index < -0.39 is 0 Å². The number of ether oxygens (including phenoxy) is 2. The van der Waals surface area contributed by atoms with Gasteiger partial charge in [0.15, 0.2) is 11.0 Å². The zero-order valence-corrected chi connectivity index (χ0v) is 18.5. The number of aryl methyl sites for hydroxylation is 1. The van der Waals surface area contributed by atoms with Crippen molar-refractivity contribution in [2.75, 3.05) is 24.3 Å². The molecule has 3 aromatic rings. The van der Waals surface area contributed by atoms with Crippen LogP contribution < -0.4 is 14.8 Å². The number of carbonyl (C=O) groups excluding carboxylic acids is 1. The lowest BCUT2D eigenvalue weighted by molar-refractivity contribution is -0.113. The first-order valence-electron chi connectivity index (χ1n) is 9.81. The number of aromatic nitrogens is 3. The van der Waals surface area contributed by atoms with E-state index >= 15 is 0 Å². The fraction of sp³-hybridized carbons (Fsp3) is 0.318. The van der Waals surface area contributed by atoms with Gasteiger partial charge in [0, 0.05) is 18.7 Å². The lowest BCUT2D eigenvalue weighted by Gasteiger charge is -2.13. The molecule has 3 rings (SSSR count). The molecule has 0 atom stereocenters. The number of benzene rings is 2. The van der Waals surface area contributed by atoms with Crippen LogP contribution in [0.1, 0.15) is 19.4 Å². The van der Waals surface area contributed by atoms with E-state index in [-0.39, 0.29) is 11.7 Å². The molecule has 1 amide bonds. The number of nitrogens with zero attached hydrogens (tertiary/aromatic N) is 3. The summed E-state index contributed by atoms with van der Waals surface area (Å²) in [6.45, 7) is 6.91. The van der Waals surface area contributed by atoms with Crippen LogP contribution in [0.3, 0.4) is 0 Å². The summed E-state index contributed by atoms with van der Waals surface area (Å²) in [5.41, 5.74) is 2.74. The molecule has 0 fully saturated rings. The maximum absolute atomic E-state index is 12.6. The second-order valence-corrected chi connectivity index (χ2v) is 7.48. The highest BCUT2D eigenvalue weighted by Crippen LogP contribution is 2.30. The van der Waals surface area contributed by atoms with Gasteiger partial charge in [0.1, 0.15) is 11.5 Å². The minimum Gasteiger partial charge on any atom is -0.494 e. The zero-order chi connectivity index (χ0) is 21.5. The van der Waals surface area contributed by atoms with Gasteiger partial charge >= 0.3 is 0 Å². The summed E-state index contributed by atoms with van der Waals surface area (Å²) in [5, 5.41) is 12.1. The molecule has 0 unspecified atom stereocenters. The Kier molecular flexibility index (Phi) is 7.35. The van der Waals surface area contributed by atoms with Crippen molar-refractivity contribution in [3.63, 3.8) is 0 Å². The zero-order valence-electron chi connectivity index (χ0n) is 17.6. The van der Waals surface area contributed by atoms with Crippen LogP contribution in [-0.2, 0) is 11.8 Å². The minimum absolute atomic E-state index is 0.157. The quantitative estimate of drug-likeness (QED) is 0.514. The van der Waals surface area contributed by atoms with Crippen LogP contribution in [-0.4, -0.2) is 39.6 Å². The Balaban J connectivity index is 1.68. The molecule has 0 aliphatic heterocycles. The molecule has 30 heavy (non-hydrogen) atoms. The number of rotatable bonds is 9. The molecule has 0 saturated heterocycles. The summed E-state index contributed by atoms with van der Waals surface area (Å²) >= 11 is 1.33. The van der Waals surface area contributed by atoms with Crippen molar-refractivity contribution in [2.24, 2.45) is 7.05 Å². The Morgan fingerprint density at radius 3 is 2.60 bits per heavy atom. The van der Waals surface area contributed by atoms with Gasteiger partial charge in [-0.15, -0.1) is 10.2 Å². The Bertz CT molecular complexity index is 1020. The molecule has 0 aliphatic rings. The van der Waals surface area contributed by atoms with Crippen molar-refractivity contribution < 1.29 is 14.3 Å². The molecule has 7 nitrogen and oxygen atoms in total. The van der Waals surface area contributed by atoms with Crippen molar-refractivity contribution in [3.05, 3.63) is 48.0 Å². The van der Waals surface area contributed by atoms with Crippen molar-refractivity contribution in [2.45, 2.75) is 25.9 Å². The molecule has 0 radical (unpaired) electrons. The monoisotopic (exact) mass is 426 g/mol. The number of carbonyl (C=O) groups is 1. The molecule has 0 spiro atoms. The molecule has 0 bridgehead atoms. The minimum atomic E-state index is -0.157. The molecular weight excluding hydrogens is 400 g/mol. The van der Waals surface area contributed by atoms with Crippen LogP contribution in [0.2, 0.25) is 0 Å². The van der Waals surface area contributed by atoms with Crippen LogP contribution >= 0.6 is 11.8 Å². The first kappa shape index (κ1) is 21.7. The number of hydrogen-bond acceptors (Lipinski definition) is 6. The number of hydrogen-bond donors (Lipinski definition) is 1. The van der Waals surface area contributed by atoms with E-state index in [9.17, 15) is 4.79 Å². The third-order valence-corrected chi connectivity index (χ3v) is 5.41. The van der Waals surface area contributed by atoms with Crippen LogP contribution in [0.25, 0.3) is 11.4 Å². The van der Waals surface area contributed by atoms with Crippen molar-refractivity contribution in [1.29, 1.82) is 0 Å². The van der Waals surface area contributed by atoms with E-state index in [1.807, 2.05) is 62.7 Å². The number of nitrogens with one attached hydrogen (secondary N) is 1. The van der Waals surface area contributed by atoms with Gasteiger partial charge in [-0.2, -0.15) is 0 Å². The van der Waals surface area contributed by atoms with Gasteiger partial charge in [-0.25, -0.2) is 0 Å². The Hall–Kier alpha value is -3.00. The summed E-state index contributed by atoms with van der Waals surface area (Å²) < 4.78 is 13.0. The second kappa shape index (κ2) is 10.2. The third kappa shape index (κ3) is 5.13. The summed E-state index contributed by atoms with van der Waals surface area (Å²) in [6, 6.07) is 13.4. The normalized spacial score (nSPS) is 10.7. The highest BCUT2D eigenvalue weighted by Gasteiger charge is 2.15. The third-order valence-electron chi connectivity index (χ3n) is 4.39. The van der Waals surface area contributed by atoms with Crippen molar-refractivity contribution in [1.82, 2.24) is 14.8 Å². The van der Waals surface area contributed by atoms with Gasteiger partial charge in [-0.3, -0.25) is 4.79 Å². The maximum Gasteiger partial charge on any atom is 0.234 e. The van der Waals surface area contributed by atoms with E-state index in [1.54, 1.807) is 12.1 Å². The molecule has 8 heteroatoms. The molecule has 0 aliphatic carbocycles. The lowest BCUT2D eigenvalue weighted by atomic mass is 10.1. The van der Waals surface area contributed by atoms with Gasteiger partial charge < -0.3 is 19.4 Å². The largest absolute Gasteiger partial charge is 0.494 e. The first-order chi connectivity index (χ1) is 14.5. The smallest absolute Gasteiger partial charge is 0.234 e. The van der Waals surface area contributed by atoms with Crippen LogP contribution in [0.4, 0.5) is 5.69 Å². The highest BCUT2D eigenvalue weighted by molar-refractivity contribution is 7.99. The molecule has 0 saturated carbocycles. The van der Waals surface area contributed by atoms with E-state index in [4.69, 9.17) is 9.47 Å². The molecule has 158 valence electrons. The SMILES string of the molecule is CCOc1ccc(OCC)c(NC(=O)CSc2nnc(-c3ccccc3C)n2C)c1. The number of thioether (sulfide) groups is 1. The van der Waals surface area contributed by atoms with E-state index in [2.05, 4.69) is 15.5 Å². The fourth-order valence-corrected chi connectivity index (χ4v) is 3.67. The average Bonchev–Trinajstić information content (AvgIpc) is 3.09. The Morgan fingerprint density at radius 2 is 1.87 bits per heavy atom. The average molecular weight is 427 g/mol. The summed E-state index contributed by atoms with van der Waals surface area (Å²) in [5.74, 6) is 2.11. The molecular formula is C22H26N4O3S. The molecule has 1 N–H and O–H groups in total.